The number of ether oxygens (including phenoxy) is 2. The van der Waals surface area contributed by atoms with Crippen LogP contribution in [0.1, 0.15) is 26.7 Å². The van der Waals surface area contributed by atoms with Crippen molar-refractivity contribution in [2.45, 2.75) is 32.3 Å². The van der Waals surface area contributed by atoms with E-state index in [0.717, 1.165) is 24.2 Å². The molecule has 74 valence electrons. The lowest BCUT2D eigenvalue weighted by molar-refractivity contribution is 0.0498. The summed E-state index contributed by atoms with van der Waals surface area (Å²) in [6.07, 6.45) is 6.46. The van der Waals surface area contributed by atoms with E-state index >= 15 is 0 Å². The second-order valence-electron chi connectivity index (χ2n) is 3.68. The Morgan fingerprint density at radius 2 is 1.77 bits per heavy atom. The lowest BCUT2D eigenvalue weighted by Gasteiger charge is -2.29. The quantitative estimate of drug-likeness (QED) is 0.668. The molecule has 0 aliphatic heterocycles. The van der Waals surface area contributed by atoms with Crippen molar-refractivity contribution in [3.63, 3.8) is 0 Å². The van der Waals surface area contributed by atoms with Gasteiger partial charge in [0.05, 0.1) is 12.7 Å². The summed E-state index contributed by atoms with van der Waals surface area (Å²) in [6, 6.07) is 0. The average Bonchev–Trinajstić information content (AvgIpc) is 2.18. The van der Waals surface area contributed by atoms with E-state index < -0.39 is 0 Å². The van der Waals surface area contributed by atoms with Crippen molar-refractivity contribution in [1.82, 2.24) is 0 Å². The second kappa shape index (κ2) is 3.97. The molecule has 1 aliphatic carbocycles. The normalized spacial score (nSPS) is 17.8. The highest BCUT2D eigenvalue weighted by atomic mass is 16.5. The minimum absolute atomic E-state index is 0.248. The van der Waals surface area contributed by atoms with Gasteiger partial charge in [0.15, 0.2) is 0 Å². The summed E-state index contributed by atoms with van der Waals surface area (Å²) >= 11 is 0. The molecule has 0 unspecified atom stereocenters. The minimum Gasteiger partial charge on any atom is -0.497 e. The van der Waals surface area contributed by atoms with Crippen LogP contribution in [0.2, 0.25) is 0 Å². The first-order valence-electron chi connectivity index (χ1n) is 4.62. The van der Waals surface area contributed by atoms with Gasteiger partial charge in [-0.2, -0.15) is 0 Å². The first-order chi connectivity index (χ1) is 6.11. The molecule has 0 N–H and O–H groups in total. The van der Waals surface area contributed by atoms with Crippen LogP contribution in [0, 0.1) is 0 Å². The lowest BCUT2D eigenvalue weighted by Crippen LogP contribution is -2.27. The fourth-order valence-corrected chi connectivity index (χ4v) is 1.50. The maximum Gasteiger partial charge on any atom is 0.120 e. The SMILES string of the molecule is COC1=CCCC=C1C(C)(C)OC. The van der Waals surface area contributed by atoms with Crippen LogP contribution in [-0.2, 0) is 9.47 Å². The maximum absolute atomic E-state index is 5.42. The van der Waals surface area contributed by atoms with Crippen molar-refractivity contribution in [3.8, 4) is 0 Å². The molecule has 0 radical (unpaired) electrons. The van der Waals surface area contributed by atoms with Crippen LogP contribution in [0.25, 0.3) is 0 Å². The third kappa shape index (κ3) is 2.13. The summed E-state index contributed by atoms with van der Waals surface area (Å²) in [7, 11) is 3.43. The van der Waals surface area contributed by atoms with E-state index in [4.69, 9.17) is 9.47 Å². The van der Waals surface area contributed by atoms with Gasteiger partial charge in [0, 0.05) is 12.7 Å². The summed E-state index contributed by atoms with van der Waals surface area (Å²) in [5.41, 5.74) is 0.908. The highest BCUT2D eigenvalue weighted by Gasteiger charge is 2.27. The van der Waals surface area contributed by atoms with E-state index in [1.54, 1.807) is 14.2 Å². The Bertz CT molecular complexity index is 236. The van der Waals surface area contributed by atoms with Gasteiger partial charge in [0.2, 0.25) is 0 Å². The minimum atomic E-state index is -0.248. The van der Waals surface area contributed by atoms with Crippen LogP contribution in [0.15, 0.2) is 23.5 Å². The fourth-order valence-electron chi connectivity index (χ4n) is 1.50. The summed E-state index contributed by atoms with van der Waals surface area (Å²) < 4.78 is 10.7. The van der Waals surface area contributed by atoms with Gasteiger partial charge in [-0.15, -0.1) is 0 Å². The summed E-state index contributed by atoms with van der Waals surface area (Å²) in [5, 5.41) is 0. The first kappa shape index (κ1) is 10.3. The van der Waals surface area contributed by atoms with Gasteiger partial charge < -0.3 is 9.47 Å². The van der Waals surface area contributed by atoms with Crippen LogP contribution in [0.5, 0.6) is 0 Å². The summed E-state index contributed by atoms with van der Waals surface area (Å²) in [6.45, 7) is 4.11. The molecule has 0 aromatic heterocycles. The number of allylic oxidation sites excluding steroid dienone is 2. The van der Waals surface area contributed by atoms with E-state index in [-0.39, 0.29) is 5.60 Å². The van der Waals surface area contributed by atoms with E-state index in [2.05, 4.69) is 26.0 Å². The molecule has 0 fully saturated rings. The zero-order chi connectivity index (χ0) is 9.90. The molecule has 0 spiro atoms. The Morgan fingerprint density at radius 3 is 2.31 bits per heavy atom. The Morgan fingerprint density at radius 1 is 1.15 bits per heavy atom. The van der Waals surface area contributed by atoms with E-state index in [1.807, 2.05) is 0 Å². The highest BCUT2D eigenvalue weighted by molar-refractivity contribution is 5.35. The zero-order valence-electron chi connectivity index (χ0n) is 8.89. The second-order valence-corrected chi connectivity index (χ2v) is 3.68. The molecule has 0 saturated carbocycles. The van der Waals surface area contributed by atoms with Gasteiger partial charge in [-0.3, -0.25) is 0 Å². The van der Waals surface area contributed by atoms with Crippen LogP contribution in [0.4, 0.5) is 0 Å². The third-order valence-electron chi connectivity index (χ3n) is 2.49. The molecule has 0 aromatic rings. The lowest BCUT2D eigenvalue weighted by atomic mass is 9.91. The van der Waals surface area contributed by atoms with Crippen molar-refractivity contribution in [2.75, 3.05) is 14.2 Å². The molecular weight excluding hydrogens is 164 g/mol. The van der Waals surface area contributed by atoms with Gasteiger partial charge in [0.1, 0.15) is 5.76 Å². The maximum atomic E-state index is 5.42. The molecule has 0 atom stereocenters. The Hall–Kier alpha value is -0.760. The molecule has 1 rings (SSSR count). The standard InChI is InChI=1S/C11H18O2/c1-11(2,13-4)9-7-5-6-8-10(9)12-3/h7-8H,5-6H2,1-4H3. The van der Waals surface area contributed by atoms with Gasteiger partial charge in [-0.25, -0.2) is 0 Å². The molecule has 0 aromatic carbocycles. The molecule has 0 heterocycles. The number of hydrogen-bond acceptors (Lipinski definition) is 2. The predicted octanol–water partition coefficient (Wildman–Crippen LogP) is 2.66. The molecule has 0 saturated heterocycles. The van der Waals surface area contributed by atoms with Crippen molar-refractivity contribution in [2.24, 2.45) is 0 Å². The smallest absolute Gasteiger partial charge is 0.120 e. The van der Waals surface area contributed by atoms with Crippen LogP contribution in [-0.4, -0.2) is 19.8 Å². The van der Waals surface area contributed by atoms with Gasteiger partial charge in [-0.1, -0.05) is 6.08 Å². The molecule has 2 heteroatoms. The molecule has 0 bridgehead atoms. The fraction of sp³-hybridized carbons (Fsp3) is 0.636. The molecule has 0 amide bonds. The van der Waals surface area contributed by atoms with Crippen molar-refractivity contribution >= 4 is 0 Å². The molecular formula is C11H18O2. The number of methoxy groups -OCH3 is 2. The molecule has 2 nitrogen and oxygen atoms in total. The highest BCUT2D eigenvalue weighted by Crippen LogP contribution is 2.30. The third-order valence-corrected chi connectivity index (χ3v) is 2.49. The number of hydrogen-bond donors (Lipinski definition) is 0. The monoisotopic (exact) mass is 182 g/mol. The van der Waals surface area contributed by atoms with Crippen molar-refractivity contribution in [1.29, 1.82) is 0 Å². The first-order valence-corrected chi connectivity index (χ1v) is 4.62. The predicted molar refractivity (Wildman–Crippen MR) is 53.5 cm³/mol. The van der Waals surface area contributed by atoms with E-state index in [1.165, 1.54) is 0 Å². The zero-order valence-corrected chi connectivity index (χ0v) is 8.89. The van der Waals surface area contributed by atoms with Crippen molar-refractivity contribution < 1.29 is 9.47 Å². The van der Waals surface area contributed by atoms with Crippen LogP contribution >= 0.6 is 0 Å². The van der Waals surface area contributed by atoms with E-state index in [0.29, 0.717) is 0 Å². The van der Waals surface area contributed by atoms with Gasteiger partial charge in [0.25, 0.3) is 0 Å². The van der Waals surface area contributed by atoms with Gasteiger partial charge in [-0.05, 0) is 32.8 Å². The van der Waals surface area contributed by atoms with Crippen LogP contribution in [0.3, 0.4) is 0 Å². The Balaban J connectivity index is 2.89. The summed E-state index contributed by atoms with van der Waals surface area (Å²) in [4.78, 5) is 0. The average molecular weight is 182 g/mol. The van der Waals surface area contributed by atoms with Crippen LogP contribution < -0.4 is 0 Å². The molecule has 13 heavy (non-hydrogen) atoms. The largest absolute Gasteiger partial charge is 0.497 e. The van der Waals surface area contributed by atoms with Crippen molar-refractivity contribution in [3.05, 3.63) is 23.5 Å². The summed E-state index contributed by atoms with van der Waals surface area (Å²) in [5.74, 6) is 0.957. The van der Waals surface area contributed by atoms with Gasteiger partial charge >= 0.3 is 0 Å². The Kier molecular flexibility index (Phi) is 3.15. The topological polar surface area (TPSA) is 18.5 Å². The molecule has 1 aliphatic rings. The Labute approximate surface area is 80.2 Å². The van der Waals surface area contributed by atoms with E-state index in [9.17, 15) is 0 Å². The number of rotatable bonds is 3.